The molecule has 1 aliphatic carbocycles. The highest BCUT2D eigenvalue weighted by molar-refractivity contribution is 5.26. The molecule has 1 atom stereocenters. The molecule has 1 aromatic rings. The fraction of sp³-hybridized carbons (Fsp3) is 0.625. The van der Waals surface area contributed by atoms with Crippen LogP contribution in [-0.2, 0) is 6.42 Å². The molecule has 1 aliphatic rings. The maximum absolute atomic E-state index is 10.2. The van der Waals surface area contributed by atoms with Crippen molar-refractivity contribution < 1.29 is 5.11 Å². The Bertz CT molecular complexity index is 339. The third-order valence-corrected chi connectivity index (χ3v) is 4.05. The average molecular weight is 232 g/mol. The maximum Gasteiger partial charge on any atom is 0.0583 e. The molecular weight excluding hydrogens is 208 g/mol. The van der Waals surface area contributed by atoms with Gasteiger partial charge in [-0.3, -0.25) is 0 Å². The van der Waals surface area contributed by atoms with Crippen molar-refractivity contribution in [2.75, 3.05) is 0 Å². The van der Waals surface area contributed by atoms with E-state index in [0.29, 0.717) is 0 Å². The number of hydrogen-bond donors (Lipinski definition) is 1. The number of aryl methyl sites for hydroxylation is 1. The van der Waals surface area contributed by atoms with Crippen LogP contribution in [0.2, 0.25) is 0 Å². The van der Waals surface area contributed by atoms with Crippen molar-refractivity contribution in [1.82, 2.24) is 0 Å². The molecule has 1 heteroatoms. The van der Waals surface area contributed by atoms with E-state index in [1.807, 2.05) is 0 Å². The van der Waals surface area contributed by atoms with Gasteiger partial charge in [0.1, 0.15) is 0 Å². The van der Waals surface area contributed by atoms with Crippen LogP contribution in [0.4, 0.5) is 0 Å². The van der Waals surface area contributed by atoms with Crippen LogP contribution in [0.3, 0.4) is 0 Å². The number of aliphatic hydroxyl groups excluding tert-OH is 1. The zero-order valence-electron chi connectivity index (χ0n) is 10.9. The second-order valence-electron chi connectivity index (χ2n) is 5.52. The quantitative estimate of drug-likeness (QED) is 0.835. The summed E-state index contributed by atoms with van der Waals surface area (Å²) >= 11 is 0. The van der Waals surface area contributed by atoms with Crippen molar-refractivity contribution >= 4 is 0 Å². The normalized spacial score (nSPS) is 19.2. The SMILES string of the molecule is Cc1ccccc1CC(O)CC1CCCCC1. The van der Waals surface area contributed by atoms with Crippen LogP contribution >= 0.6 is 0 Å². The Kier molecular flexibility index (Phi) is 4.61. The van der Waals surface area contributed by atoms with Gasteiger partial charge in [-0.1, -0.05) is 56.4 Å². The van der Waals surface area contributed by atoms with Gasteiger partial charge >= 0.3 is 0 Å². The minimum atomic E-state index is -0.154. The molecule has 0 amide bonds. The molecule has 1 aromatic carbocycles. The van der Waals surface area contributed by atoms with Crippen LogP contribution in [0.25, 0.3) is 0 Å². The van der Waals surface area contributed by atoms with Gasteiger partial charge in [-0.25, -0.2) is 0 Å². The third kappa shape index (κ3) is 3.85. The third-order valence-electron chi connectivity index (χ3n) is 4.05. The Morgan fingerprint density at radius 1 is 1.18 bits per heavy atom. The van der Waals surface area contributed by atoms with Crippen LogP contribution in [-0.4, -0.2) is 11.2 Å². The zero-order valence-corrected chi connectivity index (χ0v) is 10.9. The summed E-state index contributed by atoms with van der Waals surface area (Å²) in [5, 5.41) is 10.2. The first-order valence-electron chi connectivity index (χ1n) is 6.98. The molecule has 1 nitrogen and oxygen atoms in total. The summed E-state index contributed by atoms with van der Waals surface area (Å²) in [7, 11) is 0. The topological polar surface area (TPSA) is 20.2 Å². The van der Waals surface area contributed by atoms with Crippen LogP contribution in [0.15, 0.2) is 24.3 Å². The van der Waals surface area contributed by atoms with Crippen molar-refractivity contribution in [3.63, 3.8) is 0 Å². The van der Waals surface area contributed by atoms with Gasteiger partial charge < -0.3 is 5.11 Å². The second-order valence-corrected chi connectivity index (χ2v) is 5.52. The summed E-state index contributed by atoms with van der Waals surface area (Å²) in [6.07, 6.45) is 8.43. The van der Waals surface area contributed by atoms with Crippen molar-refractivity contribution in [2.24, 2.45) is 5.92 Å². The lowest BCUT2D eigenvalue weighted by molar-refractivity contribution is 0.130. The molecule has 0 aromatic heterocycles. The zero-order chi connectivity index (χ0) is 12.1. The summed E-state index contributed by atoms with van der Waals surface area (Å²) < 4.78 is 0. The van der Waals surface area contributed by atoms with Gasteiger partial charge in [-0.2, -0.15) is 0 Å². The first-order chi connectivity index (χ1) is 8.25. The Hall–Kier alpha value is -0.820. The molecule has 2 rings (SSSR count). The van der Waals surface area contributed by atoms with E-state index < -0.39 is 0 Å². The molecule has 0 aliphatic heterocycles. The summed E-state index contributed by atoms with van der Waals surface area (Å²) in [4.78, 5) is 0. The van der Waals surface area contributed by atoms with Crippen molar-refractivity contribution in [3.8, 4) is 0 Å². The lowest BCUT2D eigenvalue weighted by atomic mass is 9.84. The van der Waals surface area contributed by atoms with E-state index in [1.54, 1.807) is 0 Å². The lowest BCUT2D eigenvalue weighted by Gasteiger charge is -2.24. The average Bonchev–Trinajstić information content (AvgIpc) is 2.33. The summed E-state index contributed by atoms with van der Waals surface area (Å²) in [5.74, 6) is 0.766. The number of rotatable bonds is 4. The van der Waals surface area contributed by atoms with Gasteiger partial charge in [-0.15, -0.1) is 0 Å². The predicted molar refractivity (Wildman–Crippen MR) is 72.1 cm³/mol. The van der Waals surface area contributed by atoms with E-state index >= 15 is 0 Å². The van der Waals surface area contributed by atoms with E-state index in [0.717, 1.165) is 18.8 Å². The smallest absolute Gasteiger partial charge is 0.0583 e. The molecule has 17 heavy (non-hydrogen) atoms. The van der Waals surface area contributed by atoms with E-state index in [9.17, 15) is 5.11 Å². The fourth-order valence-electron chi connectivity index (χ4n) is 2.98. The van der Waals surface area contributed by atoms with Crippen LogP contribution in [0.1, 0.15) is 49.7 Å². The Labute approximate surface area is 105 Å². The number of aliphatic hydroxyl groups is 1. The van der Waals surface area contributed by atoms with E-state index in [-0.39, 0.29) is 6.10 Å². The highest BCUT2D eigenvalue weighted by Gasteiger charge is 2.17. The molecule has 0 radical (unpaired) electrons. The monoisotopic (exact) mass is 232 g/mol. The molecule has 0 spiro atoms. The van der Waals surface area contributed by atoms with Crippen molar-refractivity contribution in [3.05, 3.63) is 35.4 Å². The fourth-order valence-corrected chi connectivity index (χ4v) is 2.98. The Morgan fingerprint density at radius 2 is 1.88 bits per heavy atom. The van der Waals surface area contributed by atoms with Gasteiger partial charge in [0.05, 0.1) is 6.10 Å². The Morgan fingerprint density at radius 3 is 2.59 bits per heavy atom. The van der Waals surface area contributed by atoms with Gasteiger partial charge in [0, 0.05) is 0 Å². The Balaban J connectivity index is 1.84. The maximum atomic E-state index is 10.2. The van der Waals surface area contributed by atoms with Gasteiger partial charge in [-0.05, 0) is 36.8 Å². The van der Waals surface area contributed by atoms with Crippen molar-refractivity contribution in [1.29, 1.82) is 0 Å². The highest BCUT2D eigenvalue weighted by atomic mass is 16.3. The van der Waals surface area contributed by atoms with Crippen molar-refractivity contribution in [2.45, 2.75) is 58.0 Å². The van der Waals surface area contributed by atoms with Gasteiger partial charge in [0.25, 0.3) is 0 Å². The molecule has 1 saturated carbocycles. The summed E-state index contributed by atoms with van der Waals surface area (Å²) in [5.41, 5.74) is 2.60. The number of benzene rings is 1. The molecule has 1 unspecified atom stereocenters. The van der Waals surface area contributed by atoms with E-state index in [4.69, 9.17) is 0 Å². The molecule has 94 valence electrons. The molecule has 0 bridgehead atoms. The molecule has 0 heterocycles. The van der Waals surface area contributed by atoms with E-state index in [1.165, 1.54) is 43.2 Å². The van der Waals surface area contributed by atoms with Crippen LogP contribution < -0.4 is 0 Å². The minimum absolute atomic E-state index is 0.154. The standard InChI is InChI=1S/C16H24O/c1-13-7-5-6-10-15(13)12-16(17)11-14-8-3-2-4-9-14/h5-7,10,14,16-17H,2-4,8-9,11-12H2,1H3. The predicted octanol–water partition coefficient (Wildman–Crippen LogP) is 3.87. The second kappa shape index (κ2) is 6.20. The molecule has 1 N–H and O–H groups in total. The molecule has 0 saturated heterocycles. The van der Waals surface area contributed by atoms with Gasteiger partial charge in [0.2, 0.25) is 0 Å². The first kappa shape index (κ1) is 12.6. The highest BCUT2D eigenvalue weighted by Crippen LogP contribution is 2.28. The largest absolute Gasteiger partial charge is 0.393 e. The van der Waals surface area contributed by atoms with E-state index in [2.05, 4.69) is 31.2 Å². The van der Waals surface area contributed by atoms with Gasteiger partial charge in [0.15, 0.2) is 0 Å². The lowest BCUT2D eigenvalue weighted by Crippen LogP contribution is -2.18. The molecular formula is C16H24O. The summed E-state index contributed by atoms with van der Waals surface area (Å²) in [6, 6.07) is 8.39. The number of hydrogen-bond acceptors (Lipinski definition) is 1. The minimum Gasteiger partial charge on any atom is -0.393 e. The van der Waals surface area contributed by atoms with Crippen LogP contribution in [0.5, 0.6) is 0 Å². The van der Waals surface area contributed by atoms with Crippen LogP contribution in [0, 0.1) is 12.8 Å². The summed E-state index contributed by atoms with van der Waals surface area (Å²) in [6.45, 7) is 2.13. The molecule has 1 fully saturated rings. The first-order valence-corrected chi connectivity index (χ1v) is 6.98.